The molecule has 0 aliphatic carbocycles. The summed E-state index contributed by atoms with van der Waals surface area (Å²) in [5.41, 5.74) is -1.24. The zero-order valence-corrected chi connectivity index (χ0v) is 12.6. The van der Waals surface area contributed by atoms with Crippen LogP contribution in [0.15, 0.2) is 18.2 Å². The molecule has 1 aromatic carbocycles. The molecule has 0 heterocycles. The molecule has 0 fully saturated rings. The Balaban J connectivity index is 2.54. The molecule has 1 rings (SSSR count). The van der Waals surface area contributed by atoms with Crippen LogP contribution in [-0.4, -0.2) is 23.2 Å². The summed E-state index contributed by atoms with van der Waals surface area (Å²) in [6.07, 6.45) is -0.294. The third-order valence-corrected chi connectivity index (χ3v) is 2.32. The normalized spacial score (nSPS) is 10.4. The van der Waals surface area contributed by atoms with Crippen molar-refractivity contribution in [3.8, 4) is 11.8 Å². The molecular formula is C15H17FN2O4. The van der Waals surface area contributed by atoms with Crippen LogP contribution in [0.1, 0.15) is 32.8 Å². The molecule has 0 saturated heterocycles. The fourth-order valence-electron chi connectivity index (χ4n) is 1.46. The first kappa shape index (κ1) is 17.4. The van der Waals surface area contributed by atoms with E-state index in [1.165, 1.54) is 12.1 Å². The van der Waals surface area contributed by atoms with Gasteiger partial charge in [-0.3, -0.25) is 10.1 Å². The van der Waals surface area contributed by atoms with E-state index in [9.17, 15) is 19.3 Å². The average Bonchev–Trinajstić information content (AvgIpc) is 2.37. The van der Waals surface area contributed by atoms with Gasteiger partial charge in [-0.25, -0.2) is 4.79 Å². The molecule has 0 radical (unpaired) electrons. The van der Waals surface area contributed by atoms with Gasteiger partial charge < -0.3 is 10.1 Å². The van der Waals surface area contributed by atoms with Crippen molar-refractivity contribution >= 4 is 11.8 Å². The average molecular weight is 308 g/mol. The number of halogens is 1. The number of hydrogen-bond acceptors (Lipinski definition) is 4. The number of ether oxygens (including phenoxy) is 1. The van der Waals surface area contributed by atoms with Crippen LogP contribution in [0, 0.1) is 27.8 Å². The van der Waals surface area contributed by atoms with Crippen LogP contribution in [-0.2, 0) is 4.74 Å². The minimum absolute atomic E-state index is 0.0496. The molecule has 1 N–H and O–H groups in total. The molecule has 0 bridgehead atoms. The number of benzene rings is 1. The molecule has 22 heavy (non-hydrogen) atoms. The molecular weight excluding hydrogens is 291 g/mol. The van der Waals surface area contributed by atoms with Crippen LogP contribution in [0.5, 0.6) is 0 Å². The Morgan fingerprint density at radius 3 is 2.73 bits per heavy atom. The summed E-state index contributed by atoms with van der Waals surface area (Å²) >= 11 is 0. The predicted octanol–water partition coefficient (Wildman–Crippen LogP) is 3.00. The van der Waals surface area contributed by atoms with Crippen LogP contribution in [0.4, 0.5) is 14.9 Å². The second-order valence-corrected chi connectivity index (χ2v) is 5.38. The molecule has 118 valence electrons. The second-order valence-electron chi connectivity index (χ2n) is 5.38. The van der Waals surface area contributed by atoms with Crippen molar-refractivity contribution in [2.24, 2.45) is 0 Å². The summed E-state index contributed by atoms with van der Waals surface area (Å²) in [6, 6.07) is 3.80. The van der Waals surface area contributed by atoms with Crippen molar-refractivity contribution in [3.05, 3.63) is 39.7 Å². The maximum absolute atomic E-state index is 13.7. The number of alkyl carbamates (subject to hydrolysis) is 1. The first-order valence-corrected chi connectivity index (χ1v) is 6.59. The maximum Gasteiger partial charge on any atom is 0.407 e. The summed E-state index contributed by atoms with van der Waals surface area (Å²) in [4.78, 5) is 21.1. The van der Waals surface area contributed by atoms with Gasteiger partial charge in [-0.05, 0) is 26.8 Å². The Bertz CT molecular complexity index is 627. The van der Waals surface area contributed by atoms with E-state index in [0.717, 1.165) is 6.07 Å². The zero-order valence-electron chi connectivity index (χ0n) is 12.6. The summed E-state index contributed by atoms with van der Waals surface area (Å²) < 4.78 is 18.7. The number of nitrogens with zero attached hydrogens (tertiary/aromatic N) is 1. The third-order valence-electron chi connectivity index (χ3n) is 2.32. The van der Waals surface area contributed by atoms with Crippen LogP contribution < -0.4 is 5.32 Å². The SMILES string of the molecule is CC(C)(C)OC(=O)NCCC#Cc1cccc([N+](=O)[O-])c1F. The highest BCUT2D eigenvalue weighted by atomic mass is 19.1. The van der Waals surface area contributed by atoms with Crippen LogP contribution in [0.3, 0.4) is 0 Å². The van der Waals surface area contributed by atoms with Crippen molar-refractivity contribution in [2.75, 3.05) is 6.54 Å². The van der Waals surface area contributed by atoms with E-state index in [1.54, 1.807) is 20.8 Å². The first-order chi connectivity index (χ1) is 10.2. The van der Waals surface area contributed by atoms with Crippen LogP contribution in [0.25, 0.3) is 0 Å². The lowest BCUT2D eigenvalue weighted by molar-refractivity contribution is -0.387. The molecule has 1 aromatic rings. The number of hydrogen-bond donors (Lipinski definition) is 1. The first-order valence-electron chi connectivity index (χ1n) is 6.59. The van der Waals surface area contributed by atoms with Gasteiger partial charge in [0.05, 0.1) is 10.5 Å². The van der Waals surface area contributed by atoms with Gasteiger partial charge in [0.2, 0.25) is 5.82 Å². The fourth-order valence-corrected chi connectivity index (χ4v) is 1.46. The lowest BCUT2D eigenvalue weighted by Crippen LogP contribution is -2.32. The largest absolute Gasteiger partial charge is 0.444 e. The smallest absolute Gasteiger partial charge is 0.407 e. The minimum atomic E-state index is -0.958. The van der Waals surface area contributed by atoms with Crippen molar-refractivity contribution in [1.82, 2.24) is 5.32 Å². The Kier molecular flexibility index (Phi) is 5.87. The van der Waals surface area contributed by atoms with Crippen molar-refractivity contribution in [1.29, 1.82) is 0 Å². The van der Waals surface area contributed by atoms with E-state index in [4.69, 9.17) is 4.74 Å². The molecule has 7 heteroatoms. The Morgan fingerprint density at radius 1 is 1.45 bits per heavy atom. The molecule has 0 atom stereocenters. The molecule has 0 aliphatic heterocycles. The molecule has 0 aliphatic rings. The van der Waals surface area contributed by atoms with E-state index in [0.29, 0.717) is 0 Å². The number of rotatable bonds is 3. The summed E-state index contributed by atoms with van der Waals surface area (Å²) in [7, 11) is 0. The fraction of sp³-hybridized carbons (Fsp3) is 0.400. The number of amides is 1. The number of nitro benzene ring substituents is 1. The maximum atomic E-state index is 13.7. The Morgan fingerprint density at radius 2 is 2.14 bits per heavy atom. The standard InChI is InChI=1S/C15H17FN2O4/c1-15(2,3)22-14(19)17-10-5-4-7-11-8-6-9-12(13(11)16)18(20)21/h6,8-9H,5,10H2,1-3H3,(H,17,19). The van der Waals surface area contributed by atoms with Crippen LogP contribution >= 0.6 is 0 Å². The van der Waals surface area contributed by atoms with Crippen LogP contribution in [0.2, 0.25) is 0 Å². The number of nitro groups is 1. The summed E-state index contributed by atoms with van der Waals surface area (Å²) in [6.45, 7) is 5.48. The number of carbonyl (C=O) groups excluding carboxylic acids is 1. The zero-order chi connectivity index (χ0) is 16.8. The van der Waals surface area contributed by atoms with Gasteiger partial charge in [-0.15, -0.1) is 0 Å². The molecule has 6 nitrogen and oxygen atoms in total. The third kappa shape index (κ3) is 5.79. The Labute approximate surface area is 127 Å². The monoisotopic (exact) mass is 308 g/mol. The lowest BCUT2D eigenvalue weighted by atomic mass is 10.2. The minimum Gasteiger partial charge on any atom is -0.444 e. The van der Waals surface area contributed by atoms with Gasteiger partial charge in [0.25, 0.3) is 0 Å². The molecule has 0 aromatic heterocycles. The van der Waals surface area contributed by atoms with Gasteiger partial charge >= 0.3 is 11.8 Å². The molecule has 0 unspecified atom stereocenters. The van der Waals surface area contributed by atoms with Gasteiger partial charge in [-0.1, -0.05) is 17.9 Å². The van der Waals surface area contributed by atoms with E-state index >= 15 is 0 Å². The van der Waals surface area contributed by atoms with Gasteiger partial charge in [0.15, 0.2) is 0 Å². The molecule has 1 amide bonds. The topological polar surface area (TPSA) is 81.5 Å². The number of nitrogens with one attached hydrogen (secondary N) is 1. The van der Waals surface area contributed by atoms with Crippen molar-refractivity contribution < 1.29 is 18.8 Å². The van der Waals surface area contributed by atoms with Gasteiger partial charge in [-0.2, -0.15) is 4.39 Å². The predicted molar refractivity (Wildman–Crippen MR) is 78.8 cm³/mol. The highest BCUT2D eigenvalue weighted by Crippen LogP contribution is 2.19. The molecule has 0 spiro atoms. The number of carbonyl (C=O) groups is 1. The lowest BCUT2D eigenvalue weighted by Gasteiger charge is -2.19. The van der Waals surface area contributed by atoms with Crippen molar-refractivity contribution in [2.45, 2.75) is 32.8 Å². The van der Waals surface area contributed by atoms with E-state index in [2.05, 4.69) is 17.2 Å². The Hall–Kier alpha value is -2.62. The van der Waals surface area contributed by atoms with Crippen molar-refractivity contribution in [3.63, 3.8) is 0 Å². The summed E-state index contributed by atoms with van der Waals surface area (Å²) in [5, 5.41) is 13.1. The van der Waals surface area contributed by atoms with E-state index < -0.39 is 28.1 Å². The highest BCUT2D eigenvalue weighted by molar-refractivity contribution is 5.67. The second kappa shape index (κ2) is 7.41. The van der Waals surface area contributed by atoms with E-state index in [-0.39, 0.29) is 18.5 Å². The summed E-state index contributed by atoms with van der Waals surface area (Å²) in [5.74, 6) is 4.19. The highest BCUT2D eigenvalue weighted by Gasteiger charge is 2.16. The van der Waals surface area contributed by atoms with Gasteiger partial charge in [0.1, 0.15) is 5.60 Å². The molecule has 0 saturated carbocycles. The quantitative estimate of drug-likeness (QED) is 0.403. The van der Waals surface area contributed by atoms with E-state index in [1.807, 2.05) is 0 Å². The van der Waals surface area contributed by atoms with Gasteiger partial charge in [0, 0.05) is 19.0 Å².